The van der Waals surface area contributed by atoms with E-state index in [9.17, 15) is 28.2 Å². The molecule has 11 heteroatoms. The lowest BCUT2D eigenvalue weighted by molar-refractivity contribution is -0.172. The van der Waals surface area contributed by atoms with E-state index in [1.165, 1.54) is 29.6 Å². The van der Waals surface area contributed by atoms with E-state index in [1.807, 2.05) is 22.6 Å². The molecule has 0 bridgehead atoms. The van der Waals surface area contributed by atoms with Crippen molar-refractivity contribution in [2.24, 2.45) is 0 Å². The van der Waals surface area contributed by atoms with E-state index in [-0.39, 0.29) is 30.8 Å². The number of carbonyl (C=O) groups is 1. The summed E-state index contributed by atoms with van der Waals surface area (Å²) in [6, 6.07) is 5.98. The Morgan fingerprint density at radius 1 is 1.19 bits per heavy atom. The van der Waals surface area contributed by atoms with E-state index < -0.39 is 47.0 Å². The summed E-state index contributed by atoms with van der Waals surface area (Å²) in [4.78, 5) is 14.1. The summed E-state index contributed by atoms with van der Waals surface area (Å²) >= 11 is 1.90. The minimum atomic E-state index is -1.61. The van der Waals surface area contributed by atoms with Crippen LogP contribution < -0.4 is 5.32 Å². The Labute approximate surface area is 194 Å². The summed E-state index contributed by atoms with van der Waals surface area (Å²) < 4.78 is 53.4. The Hall–Kier alpha value is -2.51. The van der Waals surface area contributed by atoms with Crippen molar-refractivity contribution in [2.45, 2.75) is 24.4 Å². The second-order valence-electron chi connectivity index (χ2n) is 7.52. The zero-order valence-electron chi connectivity index (χ0n) is 16.4. The normalized spacial score (nSPS) is 18.0. The maximum atomic E-state index is 14.6. The van der Waals surface area contributed by atoms with Crippen LogP contribution >= 0.6 is 22.6 Å². The predicted octanol–water partition coefficient (Wildman–Crippen LogP) is 3.23. The number of aliphatic hydroxyl groups is 2. The summed E-state index contributed by atoms with van der Waals surface area (Å²) in [5, 5.41) is 23.4. The summed E-state index contributed by atoms with van der Waals surface area (Å²) in [5.74, 6) is -3.97. The van der Waals surface area contributed by atoms with Gasteiger partial charge < -0.3 is 29.9 Å². The number of carbonyl (C=O) groups excluding carboxylic acids is 1. The summed E-state index contributed by atoms with van der Waals surface area (Å²) in [5.41, 5.74) is -2.51. The summed E-state index contributed by atoms with van der Waals surface area (Å²) in [6.45, 7) is -0.493. The fraction of sp³-hybridized carbons (Fsp3) is 0.286. The van der Waals surface area contributed by atoms with Crippen LogP contribution in [0.25, 0.3) is 0 Å². The van der Waals surface area contributed by atoms with Gasteiger partial charge in [-0.15, -0.1) is 0 Å². The van der Waals surface area contributed by atoms with Crippen LogP contribution in [0.3, 0.4) is 0 Å². The van der Waals surface area contributed by atoms with Gasteiger partial charge >= 0.3 is 0 Å². The standard InChI is InChI=1S/C21H18F3IN2O5/c22-13-3-2-12(19(18(13)24)26-15-4-1-11(25)7-14(15)23)20(29)27-9-21(30,10-27)16(28)8-17-31-5-6-32-17/h1-7,16-17,26,28,30H,8-10H2. The molecule has 0 radical (unpaired) electrons. The van der Waals surface area contributed by atoms with Crippen LogP contribution in [0.4, 0.5) is 24.5 Å². The van der Waals surface area contributed by atoms with Gasteiger partial charge in [0.1, 0.15) is 23.9 Å². The first kappa shape index (κ1) is 22.7. The van der Waals surface area contributed by atoms with Crippen LogP contribution in [-0.4, -0.2) is 52.1 Å². The molecule has 1 fully saturated rings. The average Bonchev–Trinajstić information content (AvgIpc) is 3.23. The molecule has 3 N–H and O–H groups in total. The lowest BCUT2D eigenvalue weighted by Crippen LogP contribution is -2.69. The number of benzene rings is 2. The molecule has 0 aromatic heterocycles. The predicted molar refractivity (Wildman–Crippen MR) is 115 cm³/mol. The maximum Gasteiger partial charge on any atom is 0.256 e. The Kier molecular flexibility index (Phi) is 6.23. The first-order valence-corrected chi connectivity index (χ1v) is 10.6. The third-order valence-corrected chi connectivity index (χ3v) is 5.96. The van der Waals surface area contributed by atoms with Crippen LogP contribution in [0.1, 0.15) is 16.8 Å². The number of anilines is 2. The van der Waals surface area contributed by atoms with E-state index in [4.69, 9.17) is 9.47 Å². The quantitative estimate of drug-likeness (QED) is 0.469. The minimum absolute atomic E-state index is 0.0321. The highest BCUT2D eigenvalue weighted by Gasteiger charge is 2.50. The molecule has 0 aliphatic carbocycles. The molecule has 170 valence electrons. The third-order valence-electron chi connectivity index (χ3n) is 5.28. The molecule has 1 saturated heterocycles. The second-order valence-corrected chi connectivity index (χ2v) is 8.77. The number of aliphatic hydroxyl groups excluding tert-OH is 1. The molecule has 2 aromatic rings. The Morgan fingerprint density at radius 2 is 1.88 bits per heavy atom. The molecule has 1 unspecified atom stereocenters. The van der Waals surface area contributed by atoms with Crippen molar-refractivity contribution in [3.8, 4) is 0 Å². The Bertz CT molecular complexity index is 1070. The molecular weight excluding hydrogens is 544 g/mol. The summed E-state index contributed by atoms with van der Waals surface area (Å²) in [6.07, 6.45) is 0.595. The topological polar surface area (TPSA) is 91.3 Å². The maximum absolute atomic E-state index is 14.6. The molecule has 1 atom stereocenters. The van der Waals surface area contributed by atoms with Crippen molar-refractivity contribution < 1.29 is 37.7 Å². The Balaban J connectivity index is 1.51. The number of likely N-dealkylation sites (tertiary alicyclic amines) is 1. The SMILES string of the molecule is O=C(c1ccc(F)c(F)c1Nc1ccc(I)cc1F)N1CC(O)(C(O)CC2OC=CO2)C1. The summed E-state index contributed by atoms with van der Waals surface area (Å²) in [7, 11) is 0. The van der Waals surface area contributed by atoms with E-state index in [0.29, 0.717) is 3.57 Å². The van der Waals surface area contributed by atoms with Gasteiger partial charge in [0.25, 0.3) is 5.91 Å². The van der Waals surface area contributed by atoms with Crippen molar-refractivity contribution in [3.05, 3.63) is 69.4 Å². The molecule has 2 aliphatic rings. The molecule has 2 aromatic carbocycles. The van der Waals surface area contributed by atoms with E-state index in [1.54, 1.807) is 6.07 Å². The van der Waals surface area contributed by atoms with Gasteiger partial charge in [0.05, 0.1) is 42.6 Å². The van der Waals surface area contributed by atoms with Crippen molar-refractivity contribution in [2.75, 3.05) is 18.4 Å². The third kappa shape index (κ3) is 4.36. The lowest BCUT2D eigenvalue weighted by atomic mass is 9.85. The molecule has 7 nitrogen and oxygen atoms in total. The number of hydrogen-bond acceptors (Lipinski definition) is 6. The zero-order valence-corrected chi connectivity index (χ0v) is 18.6. The number of nitrogens with zero attached hydrogens (tertiary/aromatic N) is 1. The number of nitrogens with one attached hydrogen (secondary N) is 1. The molecule has 32 heavy (non-hydrogen) atoms. The molecule has 1 amide bonds. The Morgan fingerprint density at radius 3 is 2.53 bits per heavy atom. The van der Waals surface area contributed by atoms with Crippen LogP contribution in [-0.2, 0) is 9.47 Å². The van der Waals surface area contributed by atoms with Gasteiger partial charge in [-0.2, -0.15) is 0 Å². The lowest BCUT2D eigenvalue weighted by Gasteiger charge is -2.49. The first-order valence-electron chi connectivity index (χ1n) is 9.54. The second kappa shape index (κ2) is 8.79. The molecular formula is C21H18F3IN2O5. The highest BCUT2D eigenvalue weighted by Crippen LogP contribution is 2.33. The minimum Gasteiger partial charge on any atom is -0.459 e. The van der Waals surface area contributed by atoms with Crippen molar-refractivity contribution >= 4 is 39.9 Å². The van der Waals surface area contributed by atoms with Crippen LogP contribution in [0.5, 0.6) is 0 Å². The van der Waals surface area contributed by atoms with Gasteiger partial charge in [-0.3, -0.25) is 4.79 Å². The smallest absolute Gasteiger partial charge is 0.256 e. The van der Waals surface area contributed by atoms with E-state index >= 15 is 0 Å². The van der Waals surface area contributed by atoms with E-state index in [0.717, 1.165) is 12.1 Å². The number of rotatable bonds is 6. The molecule has 2 heterocycles. The first-order chi connectivity index (χ1) is 15.2. The van der Waals surface area contributed by atoms with Gasteiger partial charge in [-0.25, -0.2) is 13.2 Å². The number of hydrogen-bond donors (Lipinski definition) is 3. The highest BCUT2D eigenvalue weighted by atomic mass is 127. The number of β-amino-alcohol motifs (C(OH)–C–C–N with tert-alkyl or cyclic N) is 1. The largest absolute Gasteiger partial charge is 0.459 e. The molecule has 0 spiro atoms. The fourth-order valence-electron chi connectivity index (χ4n) is 3.50. The van der Waals surface area contributed by atoms with Gasteiger partial charge in [0.15, 0.2) is 11.6 Å². The van der Waals surface area contributed by atoms with E-state index in [2.05, 4.69) is 5.32 Å². The van der Waals surface area contributed by atoms with Crippen molar-refractivity contribution in [1.29, 1.82) is 0 Å². The van der Waals surface area contributed by atoms with Crippen LogP contribution in [0.2, 0.25) is 0 Å². The highest BCUT2D eigenvalue weighted by molar-refractivity contribution is 14.1. The van der Waals surface area contributed by atoms with Crippen molar-refractivity contribution in [3.63, 3.8) is 0 Å². The van der Waals surface area contributed by atoms with Gasteiger partial charge in [0.2, 0.25) is 6.29 Å². The van der Waals surface area contributed by atoms with Gasteiger partial charge in [-0.1, -0.05) is 0 Å². The molecule has 0 saturated carbocycles. The van der Waals surface area contributed by atoms with Gasteiger partial charge in [0, 0.05) is 3.57 Å². The monoisotopic (exact) mass is 562 g/mol. The zero-order chi connectivity index (χ0) is 23.0. The molecule has 4 rings (SSSR count). The number of ether oxygens (including phenoxy) is 2. The van der Waals surface area contributed by atoms with Crippen molar-refractivity contribution in [1.82, 2.24) is 4.90 Å². The van der Waals surface area contributed by atoms with Crippen LogP contribution in [0.15, 0.2) is 42.9 Å². The van der Waals surface area contributed by atoms with Crippen LogP contribution in [0, 0.1) is 21.0 Å². The number of amides is 1. The average molecular weight is 562 g/mol. The number of halogens is 4. The van der Waals surface area contributed by atoms with Gasteiger partial charge in [-0.05, 0) is 52.9 Å². The fourth-order valence-corrected chi connectivity index (χ4v) is 3.95. The molecule has 2 aliphatic heterocycles.